The first kappa shape index (κ1) is 21.3. The van der Waals surface area contributed by atoms with E-state index in [9.17, 15) is 8.78 Å². The minimum atomic E-state index is -0.726. The second-order valence-corrected chi connectivity index (χ2v) is 9.75. The van der Waals surface area contributed by atoms with Crippen molar-refractivity contribution in [2.75, 3.05) is 6.61 Å². The molecule has 0 unspecified atom stereocenters. The van der Waals surface area contributed by atoms with E-state index in [-0.39, 0.29) is 5.92 Å². The monoisotopic (exact) mass is 412 g/mol. The molecule has 2 fully saturated rings. The number of ether oxygens (including phenoxy) is 1. The Morgan fingerprint density at radius 3 is 1.97 bits per heavy atom. The van der Waals surface area contributed by atoms with E-state index in [2.05, 4.69) is 13.8 Å². The van der Waals surface area contributed by atoms with Crippen molar-refractivity contribution in [2.45, 2.75) is 71.1 Å². The first-order valence-electron chi connectivity index (χ1n) is 11.7. The lowest BCUT2D eigenvalue weighted by Gasteiger charge is -2.27. The van der Waals surface area contributed by atoms with E-state index in [1.54, 1.807) is 12.1 Å². The number of halogens is 2. The lowest BCUT2D eigenvalue weighted by atomic mass is 9.79. The second-order valence-electron chi connectivity index (χ2n) is 9.75. The highest BCUT2D eigenvalue weighted by atomic mass is 19.2. The van der Waals surface area contributed by atoms with Crippen molar-refractivity contribution in [2.24, 2.45) is 17.8 Å². The van der Waals surface area contributed by atoms with Gasteiger partial charge in [0, 0.05) is 5.56 Å². The van der Waals surface area contributed by atoms with E-state index in [1.165, 1.54) is 25.7 Å². The summed E-state index contributed by atoms with van der Waals surface area (Å²) in [6.07, 6.45) is 9.11. The third kappa shape index (κ3) is 4.87. The Labute approximate surface area is 179 Å². The standard InChI is InChI=1S/C27H34F2O/c1-18-3-7-20(8-4-18)17-30-23-13-11-22(12-14-23)25-16-15-24(26(28)27(25)29)21-9-5-19(2)6-10-21/h11-16,18-21H,3-10,17H2,1-2H3. The molecule has 2 aliphatic carbocycles. The summed E-state index contributed by atoms with van der Waals surface area (Å²) in [6.45, 7) is 5.29. The molecule has 0 aromatic heterocycles. The zero-order valence-electron chi connectivity index (χ0n) is 18.3. The Hall–Kier alpha value is -1.90. The highest BCUT2D eigenvalue weighted by Crippen LogP contribution is 2.39. The minimum Gasteiger partial charge on any atom is -0.493 e. The topological polar surface area (TPSA) is 9.23 Å². The summed E-state index contributed by atoms with van der Waals surface area (Å²) in [5.41, 5.74) is 1.56. The summed E-state index contributed by atoms with van der Waals surface area (Å²) in [7, 11) is 0. The molecule has 1 nitrogen and oxygen atoms in total. The van der Waals surface area contributed by atoms with E-state index in [0.29, 0.717) is 28.5 Å². The van der Waals surface area contributed by atoms with Crippen molar-refractivity contribution in [3.05, 3.63) is 53.6 Å². The van der Waals surface area contributed by atoms with Crippen molar-refractivity contribution < 1.29 is 13.5 Å². The van der Waals surface area contributed by atoms with Crippen LogP contribution in [-0.4, -0.2) is 6.61 Å². The molecular formula is C27H34F2O. The average Bonchev–Trinajstić information content (AvgIpc) is 2.76. The molecule has 3 heteroatoms. The van der Waals surface area contributed by atoms with Crippen molar-refractivity contribution in [3.8, 4) is 16.9 Å². The smallest absolute Gasteiger partial charge is 0.166 e. The fraction of sp³-hybridized carbons (Fsp3) is 0.556. The molecule has 162 valence electrons. The van der Waals surface area contributed by atoms with Gasteiger partial charge in [0.2, 0.25) is 0 Å². The van der Waals surface area contributed by atoms with Crippen LogP contribution in [0.3, 0.4) is 0 Å². The number of benzene rings is 2. The van der Waals surface area contributed by atoms with Gasteiger partial charge in [-0.2, -0.15) is 0 Å². The van der Waals surface area contributed by atoms with Gasteiger partial charge in [0.1, 0.15) is 5.75 Å². The third-order valence-electron chi connectivity index (χ3n) is 7.35. The maximum atomic E-state index is 14.9. The quantitative estimate of drug-likeness (QED) is 0.482. The number of rotatable bonds is 5. The Bertz CT molecular complexity index is 829. The van der Waals surface area contributed by atoms with Crippen LogP contribution in [0.2, 0.25) is 0 Å². The Morgan fingerprint density at radius 2 is 1.33 bits per heavy atom. The minimum absolute atomic E-state index is 0.142. The van der Waals surface area contributed by atoms with E-state index in [0.717, 1.165) is 44.0 Å². The highest BCUT2D eigenvalue weighted by molar-refractivity contribution is 5.65. The average molecular weight is 413 g/mol. The fourth-order valence-electron chi connectivity index (χ4n) is 5.11. The van der Waals surface area contributed by atoms with E-state index < -0.39 is 11.6 Å². The summed E-state index contributed by atoms with van der Waals surface area (Å²) >= 11 is 0. The summed E-state index contributed by atoms with van der Waals surface area (Å²) in [5, 5.41) is 0. The van der Waals surface area contributed by atoms with Gasteiger partial charge in [-0.15, -0.1) is 0 Å². The summed E-state index contributed by atoms with van der Waals surface area (Å²) < 4.78 is 35.7. The Balaban J connectivity index is 1.42. The third-order valence-corrected chi connectivity index (χ3v) is 7.35. The molecule has 0 saturated heterocycles. The molecule has 0 spiro atoms. The predicted octanol–water partition coefficient (Wildman–Crippen LogP) is 8.13. The normalized spacial score (nSPS) is 27.1. The maximum Gasteiger partial charge on any atom is 0.166 e. The second kappa shape index (κ2) is 9.49. The van der Waals surface area contributed by atoms with E-state index in [4.69, 9.17) is 4.74 Å². The summed E-state index contributed by atoms with van der Waals surface area (Å²) in [5.74, 6) is 1.70. The van der Waals surface area contributed by atoms with Gasteiger partial charge in [-0.3, -0.25) is 0 Å². The molecule has 0 N–H and O–H groups in total. The van der Waals surface area contributed by atoms with Gasteiger partial charge in [-0.1, -0.05) is 63.8 Å². The lowest BCUT2D eigenvalue weighted by molar-refractivity contribution is 0.188. The van der Waals surface area contributed by atoms with Crippen LogP contribution in [0.5, 0.6) is 5.75 Å². The number of hydrogen-bond donors (Lipinski definition) is 0. The van der Waals surface area contributed by atoms with Crippen LogP contribution in [0, 0.1) is 29.4 Å². The molecule has 2 aromatic carbocycles. The molecule has 0 radical (unpaired) electrons. The van der Waals surface area contributed by atoms with Crippen LogP contribution in [-0.2, 0) is 0 Å². The summed E-state index contributed by atoms with van der Waals surface area (Å²) in [6, 6.07) is 10.9. The zero-order chi connectivity index (χ0) is 21.1. The van der Waals surface area contributed by atoms with E-state index >= 15 is 0 Å². The van der Waals surface area contributed by atoms with Gasteiger partial charge < -0.3 is 4.74 Å². The van der Waals surface area contributed by atoms with Crippen molar-refractivity contribution >= 4 is 0 Å². The molecule has 0 heterocycles. The molecule has 2 saturated carbocycles. The Morgan fingerprint density at radius 1 is 0.733 bits per heavy atom. The maximum absolute atomic E-state index is 14.9. The van der Waals surface area contributed by atoms with Crippen LogP contribution in [0.25, 0.3) is 11.1 Å². The number of hydrogen-bond acceptors (Lipinski definition) is 1. The molecule has 4 rings (SSSR count). The molecule has 0 amide bonds. The van der Waals surface area contributed by atoms with Gasteiger partial charge in [-0.25, -0.2) is 8.78 Å². The van der Waals surface area contributed by atoms with Crippen molar-refractivity contribution in [1.82, 2.24) is 0 Å². The van der Waals surface area contributed by atoms with Crippen LogP contribution in [0.15, 0.2) is 36.4 Å². The first-order chi connectivity index (χ1) is 14.5. The van der Waals surface area contributed by atoms with Gasteiger partial charge in [-0.05, 0) is 72.6 Å². The van der Waals surface area contributed by atoms with Crippen molar-refractivity contribution in [1.29, 1.82) is 0 Å². The molecule has 2 aliphatic rings. The summed E-state index contributed by atoms with van der Waals surface area (Å²) in [4.78, 5) is 0. The molecule has 0 aliphatic heterocycles. The van der Waals surface area contributed by atoms with Crippen LogP contribution >= 0.6 is 0 Å². The van der Waals surface area contributed by atoms with Gasteiger partial charge >= 0.3 is 0 Å². The van der Waals surface area contributed by atoms with Crippen LogP contribution < -0.4 is 4.74 Å². The van der Waals surface area contributed by atoms with Gasteiger partial charge in [0.15, 0.2) is 11.6 Å². The molecule has 30 heavy (non-hydrogen) atoms. The SMILES string of the molecule is CC1CCC(COc2ccc(-c3ccc(C4CCC(C)CC4)c(F)c3F)cc2)CC1. The van der Waals surface area contributed by atoms with Crippen LogP contribution in [0.1, 0.15) is 76.7 Å². The molecule has 2 aromatic rings. The zero-order valence-corrected chi connectivity index (χ0v) is 18.3. The van der Waals surface area contributed by atoms with Gasteiger partial charge in [0.25, 0.3) is 0 Å². The fourth-order valence-corrected chi connectivity index (χ4v) is 5.11. The van der Waals surface area contributed by atoms with Crippen molar-refractivity contribution in [3.63, 3.8) is 0 Å². The largest absolute Gasteiger partial charge is 0.493 e. The molecular weight excluding hydrogens is 378 g/mol. The molecule has 0 bridgehead atoms. The van der Waals surface area contributed by atoms with E-state index in [1.807, 2.05) is 24.3 Å². The lowest BCUT2D eigenvalue weighted by Crippen LogP contribution is -2.18. The van der Waals surface area contributed by atoms with Gasteiger partial charge in [0.05, 0.1) is 6.61 Å². The predicted molar refractivity (Wildman–Crippen MR) is 119 cm³/mol. The Kier molecular flexibility index (Phi) is 6.75. The molecule has 0 atom stereocenters. The van der Waals surface area contributed by atoms with Crippen LogP contribution in [0.4, 0.5) is 8.78 Å². The first-order valence-corrected chi connectivity index (χ1v) is 11.7. The highest BCUT2D eigenvalue weighted by Gasteiger charge is 2.25.